The van der Waals surface area contributed by atoms with Gasteiger partial charge in [0.25, 0.3) is 0 Å². The van der Waals surface area contributed by atoms with Crippen LogP contribution >= 0.6 is 0 Å². The average Bonchev–Trinajstić information content (AvgIpc) is 2.23. The van der Waals surface area contributed by atoms with Crippen molar-refractivity contribution in [3.63, 3.8) is 0 Å². The smallest absolute Gasteiger partial charge is 0.220 e. The highest BCUT2D eigenvalue weighted by atomic mass is 16.1. The highest BCUT2D eigenvalue weighted by molar-refractivity contribution is 5.76. The number of carbonyl (C=O) groups excluding carboxylic acids is 1. The number of amides is 1. The quantitative estimate of drug-likeness (QED) is 0.565. The van der Waals surface area contributed by atoms with Gasteiger partial charge in [-0.25, -0.2) is 0 Å². The molecular formula is C13H28N2O. The molecule has 0 saturated heterocycles. The molecule has 0 radical (unpaired) electrons. The zero-order chi connectivity index (χ0) is 12.2. The van der Waals surface area contributed by atoms with Crippen molar-refractivity contribution >= 4 is 5.91 Å². The number of carbonyl (C=O) groups is 1. The van der Waals surface area contributed by atoms with E-state index in [2.05, 4.69) is 12.2 Å². The van der Waals surface area contributed by atoms with Crippen LogP contribution in [0.5, 0.6) is 0 Å². The van der Waals surface area contributed by atoms with E-state index in [0.717, 1.165) is 12.8 Å². The molecule has 0 aliphatic carbocycles. The molecule has 1 amide bonds. The molecule has 0 aromatic heterocycles. The maximum Gasteiger partial charge on any atom is 0.220 e. The molecule has 0 fully saturated rings. The number of nitrogens with one attached hydrogen (secondary N) is 1. The Morgan fingerprint density at radius 2 is 1.81 bits per heavy atom. The van der Waals surface area contributed by atoms with Crippen molar-refractivity contribution in [2.24, 2.45) is 5.73 Å². The van der Waals surface area contributed by atoms with Crippen LogP contribution in [0.3, 0.4) is 0 Å². The Morgan fingerprint density at radius 1 is 1.19 bits per heavy atom. The van der Waals surface area contributed by atoms with E-state index in [-0.39, 0.29) is 11.9 Å². The van der Waals surface area contributed by atoms with E-state index in [9.17, 15) is 4.79 Å². The first-order chi connectivity index (χ1) is 7.70. The normalized spacial score (nSPS) is 12.4. The summed E-state index contributed by atoms with van der Waals surface area (Å²) in [6.45, 7) is 4.86. The minimum Gasteiger partial charge on any atom is -0.354 e. The van der Waals surface area contributed by atoms with Crippen molar-refractivity contribution in [2.75, 3.05) is 6.54 Å². The topological polar surface area (TPSA) is 55.1 Å². The van der Waals surface area contributed by atoms with Gasteiger partial charge in [0, 0.05) is 12.5 Å². The van der Waals surface area contributed by atoms with Crippen LogP contribution in [0.2, 0.25) is 0 Å². The fourth-order valence-electron chi connectivity index (χ4n) is 1.74. The Balaban J connectivity index is 3.30. The van der Waals surface area contributed by atoms with Crippen molar-refractivity contribution in [3.8, 4) is 0 Å². The number of nitrogens with two attached hydrogens (primary N) is 1. The Kier molecular flexibility index (Phi) is 10.5. The van der Waals surface area contributed by atoms with Crippen LogP contribution in [-0.2, 0) is 4.79 Å². The van der Waals surface area contributed by atoms with E-state index in [1.54, 1.807) is 0 Å². The second-order valence-corrected chi connectivity index (χ2v) is 4.56. The lowest BCUT2D eigenvalue weighted by Gasteiger charge is -2.12. The molecule has 0 bridgehead atoms. The molecule has 0 aromatic rings. The first-order valence-electron chi connectivity index (χ1n) is 6.70. The average molecular weight is 228 g/mol. The summed E-state index contributed by atoms with van der Waals surface area (Å²) in [6.07, 6.45) is 8.89. The van der Waals surface area contributed by atoms with Gasteiger partial charge in [0.1, 0.15) is 0 Å². The van der Waals surface area contributed by atoms with Crippen LogP contribution in [0.1, 0.15) is 65.2 Å². The van der Waals surface area contributed by atoms with Gasteiger partial charge < -0.3 is 11.1 Å². The molecule has 3 nitrogen and oxygen atoms in total. The Bertz CT molecular complexity index is 171. The van der Waals surface area contributed by atoms with Gasteiger partial charge in [0.15, 0.2) is 0 Å². The summed E-state index contributed by atoms with van der Waals surface area (Å²) in [4.78, 5) is 11.5. The second-order valence-electron chi connectivity index (χ2n) is 4.56. The van der Waals surface area contributed by atoms with E-state index in [4.69, 9.17) is 5.73 Å². The molecule has 0 heterocycles. The largest absolute Gasteiger partial charge is 0.354 e. The summed E-state index contributed by atoms with van der Waals surface area (Å²) >= 11 is 0. The van der Waals surface area contributed by atoms with E-state index in [0.29, 0.717) is 13.0 Å². The van der Waals surface area contributed by atoms with Gasteiger partial charge in [-0.3, -0.25) is 4.79 Å². The molecule has 0 aliphatic heterocycles. The van der Waals surface area contributed by atoms with Gasteiger partial charge in [0.2, 0.25) is 5.91 Å². The lowest BCUT2D eigenvalue weighted by molar-refractivity contribution is -0.121. The number of hydrogen-bond acceptors (Lipinski definition) is 2. The molecule has 3 N–H and O–H groups in total. The van der Waals surface area contributed by atoms with Crippen molar-refractivity contribution < 1.29 is 4.79 Å². The van der Waals surface area contributed by atoms with Gasteiger partial charge in [0.05, 0.1) is 0 Å². The second kappa shape index (κ2) is 10.9. The summed E-state index contributed by atoms with van der Waals surface area (Å²) in [5.41, 5.74) is 5.42. The Morgan fingerprint density at radius 3 is 2.44 bits per heavy atom. The fraction of sp³-hybridized carbons (Fsp3) is 0.923. The number of unbranched alkanes of at least 4 members (excludes halogenated alkanes) is 5. The molecule has 0 spiro atoms. The van der Waals surface area contributed by atoms with Gasteiger partial charge in [-0.1, -0.05) is 39.0 Å². The van der Waals surface area contributed by atoms with E-state index in [1.807, 2.05) is 6.92 Å². The molecule has 96 valence electrons. The SMILES string of the molecule is CCCCCCCCC(=O)NC(C)CCN. The Labute approximate surface area is 100 Å². The Hall–Kier alpha value is -0.570. The lowest BCUT2D eigenvalue weighted by atomic mass is 10.1. The van der Waals surface area contributed by atoms with Crippen molar-refractivity contribution in [2.45, 2.75) is 71.3 Å². The summed E-state index contributed by atoms with van der Waals surface area (Å²) in [5.74, 6) is 0.177. The molecule has 3 heteroatoms. The summed E-state index contributed by atoms with van der Waals surface area (Å²) in [5, 5.41) is 2.96. The third-order valence-electron chi connectivity index (χ3n) is 2.76. The first-order valence-corrected chi connectivity index (χ1v) is 6.70. The van der Waals surface area contributed by atoms with Gasteiger partial charge in [-0.2, -0.15) is 0 Å². The van der Waals surface area contributed by atoms with Gasteiger partial charge >= 0.3 is 0 Å². The molecule has 16 heavy (non-hydrogen) atoms. The van der Waals surface area contributed by atoms with E-state index >= 15 is 0 Å². The van der Waals surface area contributed by atoms with Crippen LogP contribution in [0.4, 0.5) is 0 Å². The van der Waals surface area contributed by atoms with Crippen molar-refractivity contribution in [1.82, 2.24) is 5.32 Å². The van der Waals surface area contributed by atoms with Crippen molar-refractivity contribution in [3.05, 3.63) is 0 Å². The number of rotatable bonds is 10. The van der Waals surface area contributed by atoms with Crippen LogP contribution in [0.25, 0.3) is 0 Å². The van der Waals surface area contributed by atoms with Crippen LogP contribution in [-0.4, -0.2) is 18.5 Å². The standard InChI is InChI=1S/C13H28N2O/c1-3-4-5-6-7-8-9-13(16)15-12(2)10-11-14/h12H,3-11,14H2,1-2H3,(H,15,16). The monoisotopic (exact) mass is 228 g/mol. The summed E-state index contributed by atoms with van der Waals surface area (Å²) in [7, 11) is 0. The van der Waals surface area contributed by atoms with E-state index in [1.165, 1.54) is 32.1 Å². The highest BCUT2D eigenvalue weighted by Crippen LogP contribution is 2.06. The summed E-state index contributed by atoms with van der Waals surface area (Å²) < 4.78 is 0. The molecule has 0 aliphatic rings. The van der Waals surface area contributed by atoms with Crippen LogP contribution in [0, 0.1) is 0 Å². The lowest BCUT2D eigenvalue weighted by Crippen LogP contribution is -2.33. The number of hydrogen-bond donors (Lipinski definition) is 2. The fourth-order valence-corrected chi connectivity index (χ4v) is 1.74. The predicted octanol–water partition coefficient (Wildman–Crippen LogP) is 2.59. The first kappa shape index (κ1) is 15.4. The molecule has 1 unspecified atom stereocenters. The maximum atomic E-state index is 11.5. The van der Waals surface area contributed by atoms with Gasteiger partial charge in [-0.05, 0) is 26.3 Å². The van der Waals surface area contributed by atoms with Crippen LogP contribution < -0.4 is 11.1 Å². The molecule has 0 rings (SSSR count). The summed E-state index contributed by atoms with van der Waals surface area (Å²) in [6, 6.07) is 0.220. The zero-order valence-electron chi connectivity index (χ0n) is 10.9. The minimum atomic E-state index is 0.177. The third-order valence-corrected chi connectivity index (χ3v) is 2.76. The third kappa shape index (κ3) is 9.97. The maximum absolute atomic E-state index is 11.5. The van der Waals surface area contributed by atoms with E-state index < -0.39 is 0 Å². The molecular weight excluding hydrogens is 200 g/mol. The van der Waals surface area contributed by atoms with Gasteiger partial charge in [-0.15, -0.1) is 0 Å². The zero-order valence-corrected chi connectivity index (χ0v) is 10.9. The molecule has 0 saturated carbocycles. The molecule has 0 aromatic carbocycles. The minimum absolute atomic E-state index is 0.177. The molecule has 1 atom stereocenters. The highest BCUT2D eigenvalue weighted by Gasteiger charge is 2.05. The van der Waals surface area contributed by atoms with Crippen molar-refractivity contribution in [1.29, 1.82) is 0 Å². The predicted molar refractivity (Wildman–Crippen MR) is 69.3 cm³/mol. The van der Waals surface area contributed by atoms with Crippen LogP contribution in [0.15, 0.2) is 0 Å².